The van der Waals surface area contributed by atoms with E-state index in [1.165, 1.54) is 0 Å². The third-order valence-corrected chi connectivity index (χ3v) is 4.10. The number of hydrogen-bond acceptors (Lipinski definition) is 3. The number of amides is 1. The standard InChI is InChI=1S/C16H23BrN2O2/c1-10(2)18-9-12-8-14(6-7-15(12)17)21-11(3)16(20)19-13-4-5-13/h6-8,10-11,13,18H,4-5,9H2,1-3H3,(H,19,20). The molecule has 0 saturated heterocycles. The molecule has 0 radical (unpaired) electrons. The predicted octanol–water partition coefficient (Wildman–Crippen LogP) is 2.99. The fourth-order valence-corrected chi connectivity index (χ4v) is 2.26. The van der Waals surface area contributed by atoms with Crippen molar-refractivity contribution in [1.82, 2.24) is 10.6 Å². The molecule has 1 amide bonds. The van der Waals surface area contributed by atoms with Gasteiger partial charge in [0.25, 0.3) is 5.91 Å². The molecule has 1 unspecified atom stereocenters. The van der Waals surface area contributed by atoms with Crippen molar-refractivity contribution in [3.05, 3.63) is 28.2 Å². The summed E-state index contributed by atoms with van der Waals surface area (Å²) in [4.78, 5) is 11.9. The molecule has 116 valence electrons. The van der Waals surface area contributed by atoms with E-state index >= 15 is 0 Å². The molecule has 4 nitrogen and oxygen atoms in total. The van der Waals surface area contributed by atoms with E-state index in [1.54, 1.807) is 6.92 Å². The minimum Gasteiger partial charge on any atom is -0.481 e. The van der Waals surface area contributed by atoms with Gasteiger partial charge in [-0.25, -0.2) is 0 Å². The first-order chi connectivity index (χ1) is 9.95. The van der Waals surface area contributed by atoms with E-state index in [2.05, 4.69) is 40.4 Å². The van der Waals surface area contributed by atoms with Gasteiger partial charge in [0.2, 0.25) is 0 Å². The topological polar surface area (TPSA) is 50.4 Å². The summed E-state index contributed by atoms with van der Waals surface area (Å²) < 4.78 is 6.79. The summed E-state index contributed by atoms with van der Waals surface area (Å²) in [5.41, 5.74) is 1.12. The first kappa shape index (κ1) is 16.3. The van der Waals surface area contributed by atoms with Crippen LogP contribution >= 0.6 is 15.9 Å². The zero-order valence-electron chi connectivity index (χ0n) is 12.8. The molecule has 1 saturated carbocycles. The van der Waals surface area contributed by atoms with Crippen LogP contribution in [0, 0.1) is 0 Å². The Morgan fingerprint density at radius 3 is 2.71 bits per heavy atom. The molecule has 1 fully saturated rings. The number of halogens is 1. The maximum Gasteiger partial charge on any atom is 0.260 e. The zero-order valence-corrected chi connectivity index (χ0v) is 14.4. The number of benzene rings is 1. The number of carbonyl (C=O) groups is 1. The van der Waals surface area contributed by atoms with E-state index in [0.717, 1.165) is 35.2 Å². The van der Waals surface area contributed by atoms with E-state index in [0.29, 0.717) is 12.1 Å². The quantitative estimate of drug-likeness (QED) is 0.791. The second-order valence-electron chi connectivity index (χ2n) is 5.83. The molecule has 1 aromatic rings. The van der Waals surface area contributed by atoms with Crippen LogP contribution in [0.2, 0.25) is 0 Å². The van der Waals surface area contributed by atoms with E-state index in [1.807, 2.05) is 18.2 Å². The Kier molecular flexibility index (Phi) is 5.65. The summed E-state index contributed by atoms with van der Waals surface area (Å²) in [5.74, 6) is 0.680. The van der Waals surface area contributed by atoms with Crippen molar-refractivity contribution in [3.8, 4) is 5.75 Å². The molecular weight excluding hydrogens is 332 g/mol. The minimum absolute atomic E-state index is 0.0396. The van der Waals surface area contributed by atoms with Gasteiger partial charge in [0.15, 0.2) is 6.10 Å². The summed E-state index contributed by atoms with van der Waals surface area (Å²) in [6, 6.07) is 6.59. The molecule has 0 heterocycles. The Hall–Kier alpha value is -1.07. The SMILES string of the molecule is CC(C)NCc1cc(OC(C)C(=O)NC2CC2)ccc1Br. The van der Waals surface area contributed by atoms with E-state index < -0.39 is 6.10 Å². The number of rotatable bonds is 7. The largest absolute Gasteiger partial charge is 0.481 e. The minimum atomic E-state index is -0.474. The summed E-state index contributed by atoms with van der Waals surface area (Å²) in [7, 11) is 0. The predicted molar refractivity (Wildman–Crippen MR) is 87.4 cm³/mol. The van der Waals surface area contributed by atoms with Crippen LogP contribution in [0.15, 0.2) is 22.7 Å². The average Bonchev–Trinajstić information content (AvgIpc) is 3.23. The lowest BCUT2D eigenvalue weighted by atomic mass is 10.2. The van der Waals surface area contributed by atoms with E-state index in [-0.39, 0.29) is 5.91 Å². The Balaban J connectivity index is 1.95. The molecular formula is C16H23BrN2O2. The second-order valence-corrected chi connectivity index (χ2v) is 6.69. The highest BCUT2D eigenvalue weighted by Crippen LogP contribution is 2.24. The monoisotopic (exact) mass is 354 g/mol. The molecule has 1 atom stereocenters. The van der Waals surface area contributed by atoms with Crippen molar-refractivity contribution in [2.24, 2.45) is 0 Å². The van der Waals surface area contributed by atoms with Crippen molar-refractivity contribution in [2.75, 3.05) is 0 Å². The summed E-state index contributed by atoms with van der Waals surface area (Å²) in [6.07, 6.45) is 1.70. The number of carbonyl (C=O) groups excluding carboxylic acids is 1. The van der Waals surface area contributed by atoms with Crippen LogP contribution in [0.25, 0.3) is 0 Å². The molecule has 1 aliphatic carbocycles. The second kappa shape index (κ2) is 7.27. The van der Waals surface area contributed by atoms with Gasteiger partial charge < -0.3 is 15.4 Å². The summed E-state index contributed by atoms with van der Waals surface area (Å²) in [6.45, 7) is 6.76. The Bertz CT molecular complexity index is 501. The molecule has 5 heteroatoms. The summed E-state index contributed by atoms with van der Waals surface area (Å²) in [5, 5.41) is 6.33. The van der Waals surface area contributed by atoms with Crippen molar-refractivity contribution < 1.29 is 9.53 Å². The third kappa shape index (κ3) is 5.32. The first-order valence-electron chi connectivity index (χ1n) is 7.44. The molecule has 2 N–H and O–H groups in total. The number of nitrogens with one attached hydrogen (secondary N) is 2. The van der Waals surface area contributed by atoms with Crippen LogP contribution in [0.3, 0.4) is 0 Å². The molecule has 21 heavy (non-hydrogen) atoms. The van der Waals surface area contributed by atoms with Crippen LogP contribution in [-0.2, 0) is 11.3 Å². The van der Waals surface area contributed by atoms with Crippen LogP contribution in [0.5, 0.6) is 5.75 Å². The zero-order chi connectivity index (χ0) is 15.4. The normalized spacial score (nSPS) is 15.9. The average molecular weight is 355 g/mol. The lowest BCUT2D eigenvalue weighted by molar-refractivity contribution is -0.127. The van der Waals surface area contributed by atoms with Crippen molar-refractivity contribution in [1.29, 1.82) is 0 Å². The first-order valence-corrected chi connectivity index (χ1v) is 8.24. The van der Waals surface area contributed by atoms with Gasteiger partial charge in [0.1, 0.15) is 5.75 Å². The van der Waals surface area contributed by atoms with Crippen LogP contribution in [-0.4, -0.2) is 24.1 Å². The van der Waals surface area contributed by atoms with Gasteiger partial charge >= 0.3 is 0 Å². The van der Waals surface area contributed by atoms with Crippen molar-refractivity contribution in [3.63, 3.8) is 0 Å². The molecule has 1 aliphatic rings. The molecule has 0 bridgehead atoms. The highest BCUT2D eigenvalue weighted by atomic mass is 79.9. The van der Waals surface area contributed by atoms with Gasteiger partial charge in [-0.15, -0.1) is 0 Å². The van der Waals surface area contributed by atoms with Gasteiger partial charge in [-0.1, -0.05) is 29.8 Å². The fourth-order valence-electron chi connectivity index (χ4n) is 1.88. The number of ether oxygens (including phenoxy) is 1. The van der Waals surface area contributed by atoms with Gasteiger partial charge in [0.05, 0.1) is 0 Å². The molecule has 0 aromatic heterocycles. The van der Waals surface area contributed by atoms with Gasteiger partial charge in [0, 0.05) is 23.1 Å². The third-order valence-electron chi connectivity index (χ3n) is 3.32. The van der Waals surface area contributed by atoms with Crippen molar-refractivity contribution in [2.45, 2.75) is 58.3 Å². The molecule has 1 aromatic carbocycles. The van der Waals surface area contributed by atoms with Crippen LogP contribution in [0.4, 0.5) is 0 Å². The van der Waals surface area contributed by atoms with Crippen molar-refractivity contribution >= 4 is 21.8 Å². The highest BCUT2D eigenvalue weighted by Gasteiger charge is 2.26. The Morgan fingerprint density at radius 2 is 2.10 bits per heavy atom. The maximum absolute atomic E-state index is 11.9. The Morgan fingerprint density at radius 1 is 1.38 bits per heavy atom. The number of hydrogen-bond donors (Lipinski definition) is 2. The van der Waals surface area contributed by atoms with E-state index in [4.69, 9.17) is 4.74 Å². The van der Waals surface area contributed by atoms with E-state index in [9.17, 15) is 4.79 Å². The lowest BCUT2D eigenvalue weighted by Crippen LogP contribution is -2.37. The lowest BCUT2D eigenvalue weighted by Gasteiger charge is -2.16. The highest BCUT2D eigenvalue weighted by molar-refractivity contribution is 9.10. The molecule has 0 spiro atoms. The van der Waals surface area contributed by atoms with Crippen LogP contribution in [0.1, 0.15) is 39.2 Å². The smallest absolute Gasteiger partial charge is 0.260 e. The summed E-state index contributed by atoms with van der Waals surface area (Å²) >= 11 is 3.54. The van der Waals surface area contributed by atoms with Crippen LogP contribution < -0.4 is 15.4 Å². The fraction of sp³-hybridized carbons (Fsp3) is 0.562. The molecule has 2 rings (SSSR count). The van der Waals surface area contributed by atoms with Gasteiger partial charge in [-0.05, 0) is 43.5 Å². The van der Waals surface area contributed by atoms with Gasteiger partial charge in [-0.3, -0.25) is 4.79 Å². The molecule has 0 aliphatic heterocycles. The maximum atomic E-state index is 11.9. The van der Waals surface area contributed by atoms with Gasteiger partial charge in [-0.2, -0.15) is 0 Å². The Labute approximate surface area is 134 Å².